The van der Waals surface area contributed by atoms with Gasteiger partial charge in [0.05, 0.1) is 17.1 Å². The molecule has 2 heterocycles. The van der Waals surface area contributed by atoms with Crippen molar-refractivity contribution >= 4 is 45.7 Å². The van der Waals surface area contributed by atoms with Crippen molar-refractivity contribution in [2.75, 3.05) is 11.9 Å². The molecule has 168 valence electrons. The third-order valence-corrected chi connectivity index (χ3v) is 6.10. The highest BCUT2D eigenvalue weighted by Gasteiger charge is 2.11. The van der Waals surface area contributed by atoms with Crippen LogP contribution in [-0.4, -0.2) is 29.4 Å². The van der Waals surface area contributed by atoms with Crippen LogP contribution in [0, 0.1) is 0 Å². The Morgan fingerprint density at radius 2 is 1.88 bits per heavy atom. The molecule has 0 saturated heterocycles. The van der Waals surface area contributed by atoms with Gasteiger partial charge in [-0.15, -0.1) is 22.7 Å². The third-order valence-electron chi connectivity index (χ3n) is 4.24. The summed E-state index contributed by atoms with van der Waals surface area (Å²) in [6.07, 6.45) is 0.239. The van der Waals surface area contributed by atoms with Crippen LogP contribution in [0.2, 0.25) is 0 Å². The van der Waals surface area contributed by atoms with Gasteiger partial charge < -0.3 is 20.7 Å². The molecule has 8 nitrogen and oxygen atoms in total. The van der Waals surface area contributed by atoms with Crippen molar-refractivity contribution in [3.8, 4) is 10.6 Å². The lowest BCUT2D eigenvalue weighted by atomic mass is 10.2. The van der Waals surface area contributed by atoms with E-state index in [-0.39, 0.29) is 24.8 Å². The first kappa shape index (κ1) is 23.4. The number of ether oxygens (including phenoxy) is 1. The zero-order valence-corrected chi connectivity index (χ0v) is 19.2. The van der Waals surface area contributed by atoms with E-state index in [1.807, 2.05) is 47.8 Å². The number of hydrogen-bond acceptors (Lipinski definition) is 7. The van der Waals surface area contributed by atoms with E-state index in [1.165, 1.54) is 18.3 Å². The number of carbonyl (C=O) groups is 3. The van der Waals surface area contributed by atoms with E-state index in [1.54, 1.807) is 11.3 Å². The molecule has 3 N–H and O–H groups in total. The maximum Gasteiger partial charge on any atom is 0.407 e. The van der Waals surface area contributed by atoms with Gasteiger partial charge >= 0.3 is 6.09 Å². The van der Waals surface area contributed by atoms with E-state index in [9.17, 15) is 14.4 Å². The van der Waals surface area contributed by atoms with Gasteiger partial charge in [-0.3, -0.25) is 9.59 Å². The summed E-state index contributed by atoms with van der Waals surface area (Å²) in [5.74, 6) is -0.235. The SMILES string of the molecule is CC(=O)NCc1ccc(-c2csc(NC(=O)CCCNC(=O)OCc3ccccc3)n2)s1. The standard InChI is InChI=1S/C22H24N4O4S2/c1-15(27)24-12-17-9-10-19(32-17)18-14-31-21(25-18)26-20(28)8-5-11-23-22(29)30-13-16-6-3-2-4-7-16/h2-4,6-7,9-10,14H,5,8,11-13H2,1H3,(H,23,29)(H,24,27)(H,25,26,28). The fourth-order valence-corrected chi connectivity index (χ4v) is 4.37. The van der Waals surface area contributed by atoms with Crippen LogP contribution in [0.1, 0.15) is 30.2 Å². The monoisotopic (exact) mass is 472 g/mol. The number of carbonyl (C=O) groups excluding carboxylic acids is 3. The average molecular weight is 473 g/mol. The summed E-state index contributed by atoms with van der Waals surface area (Å²) in [5, 5.41) is 10.6. The predicted molar refractivity (Wildman–Crippen MR) is 125 cm³/mol. The molecule has 2 aromatic heterocycles. The van der Waals surface area contributed by atoms with Crippen molar-refractivity contribution < 1.29 is 19.1 Å². The number of alkyl carbamates (subject to hydrolysis) is 1. The normalized spacial score (nSPS) is 10.4. The minimum Gasteiger partial charge on any atom is -0.445 e. The van der Waals surface area contributed by atoms with E-state index in [0.717, 1.165) is 21.0 Å². The molecule has 0 unspecified atom stereocenters. The molecule has 0 saturated carbocycles. The Morgan fingerprint density at radius 1 is 1.06 bits per heavy atom. The van der Waals surface area contributed by atoms with Crippen LogP contribution in [-0.2, 0) is 27.5 Å². The molecule has 3 amide bonds. The molecule has 1 aromatic carbocycles. The Hall–Kier alpha value is -3.24. The van der Waals surface area contributed by atoms with Gasteiger partial charge in [-0.2, -0.15) is 0 Å². The molecule has 0 fully saturated rings. The van der Waals surface area contributed by atoms with Crippen molar-refractivity contribution in [2.45, 2.75) is 32.9 Å². The van der Waals surface area contributed by atoms with Crippen LogP contribution in [0.4, 0.5) is 9.93 Å². The van der Waals surface area contributed by atoms with Crippen molar-refractivity contribution in [1.29, 1.82) is 0 Å². The van der Waals surface area contributed by atoms with Crippen LogP contribution in [0.5, 0.6) is 0 Å². The summed E-state index contributed by atoms with van der Waals surface area (Å²) < 4.78 is 5.13. The Morgan fingerprint density at radius 3 is 2.66 bits per heavy atom. The molecular formula is C22H24N4O4S2. The highest BCUT2D eigenvalue weighted by molar-refractivity contribution is 7.17. The molecule has 0 bridgehead atoms. The Balaban J connectivity index is 1.34. The molecular weight excluding hydrogens is 448 g/mol. The van der Waals surface area contributed by atoms with Gasteiger partial charge in [0.2, 0.25) is 11.8 Å². The smallest absolute Gasteiger partial charge is 0.407 e. The predicted octanol–water partition coefficient (Wildman–Crippen LogP) is 4.15. The molecule has 3 aromatic rings. The van der Waals surface area contributed by atoms with E-state index >= 15 is 0 Å². The van der Waals surface area contributed by atoms with E-state index in [2.05, 4.69) is 20.9 Å². The minimum atomic E-state index is -0.507. The van der Waals surface area contributed by atoms with Crippen LogP contribution in [0.25, 0.3) is 10.6 Å². The summed E-state index contributed by atoms with van der Waals surface area (Å²) >= 11 is 2.90. The first-order valence-corrected chi connectivity index (χ1v) is 11.7. The Labute approximate surface area is 194 Å². The van der Waals surface area contributed by atoms with Crippen molar-refractivity contribution in [1.82, 2.24) is 15.6 Å². The third kappa shape index (κ3) is 7.78. The second kappa shape index (κ2) is 12.0. The fraction of sp³-hybridized carbons (Fsp3) is 0.273. The second-order valence-corrected chi connectivity index (χ2v) is 8.88. The van der Waals surface area contributed by atoms with Gasteiger partial charge in [0, 0.05) is 30.1 Å². The largest absolute Gasteiger partial charge is 0.445 e. The highest BCUT2D eigenvalue weighted by atomic mass is 32.1. The molecule has 0 aliphatic heterocycles. The average Bonchev–Trinajstić information content (AvgIpc) is 3.44. The molecule has 0 spiro atoms. The number of anilines is 1. The quantitative estimate of drug-likeness (QED) is 0.384. The van der Waals surface area contributed by atoms with Gasteiger partial charge in [-0.05, 0) is 24.1 Å². The number of thiazole rings is 1. The number of nitrogens with zero attached hydrogens (tertiary/aromatic N) is 1. The molecule has 0 radical (unpaired) electrons. The number of rotatable bonds is 10. The fourth-order valence-electron chi connectivity index (χ4n) is 2.66. The van der Waals surface area contributed by atoms with Crippen molar-refractivity contribution in [3.05, 3.63) is 58.3 Å². The lowest BCUT2D eigenvalue weighted by molar-refractivity contribution is -0.119. The molecule has 10 heteroatoms. The van der Waals surface area contributed by atoms with Gasteiger partial charge in [0.1, 0.15) is 6.61 Å². The summed E-state index contributed by atoms with van der Waals surface area (Å²) in [6, 6.07) is 13.3. The molecule has 0 atom stereocenters. The van der Waals surface area contributed by atoms with E-state index < -0.39 is 6.09 Å². The number of amides is 3. The number of aromatic nitrogens is 1. The van der Waals surface area contributed by atoms with Crippen LogP contribution in [0.3, 0.4) is 0 Å². The maximum atomic E-state index is 12.1. The number of nitrogens with one attached hydrogen (secondary N) is 3. The van der Waals surface area contributed by atoms with Crippen LogP contribution in [0.15, 0.2) is 47.8 Å². The van der Waals surface area contributed by atoms with Gasteiger partial charge in [0.15, 0.2) is 5.13 Å². The number of benzene rings is 1. The van der Waals surface area contributed by atoms with Crippen molar-refractivity contribution in [3.63, 3.8) is 0 Å². The van der Waals surface area contributed by atoms with E-state index in [4.69, 9.17) is 4.74 Å². The molecule has 0 aliphatic carbocycles. The maximum absolute atomic E-state index is 12.1. The minimum absolute atomic E-state index is 0.0714. The van der Waals surface area contributed by atoms with Crippen molar-refractivity contribution in [2.24, 2.45) is 0 Å². The molecule has 3 rings (SSSR count). The summed E-state index contributed by atoms with van der Waals surface area (Å²) in [5.41, 5.74) is 1.70. The van der Waals surface area contributed by atoms with Crippen LogP contribution < -0.4 is 16.0 Å². The van der Waals surface area contributed by atoms with Gasteiger partial charge in [-0.1, -0.05) is 30.3 Å². The summed E-state index contributed by atoms with van der Waals surface area (Å²) in [6.45, 7) is 2.52. The van der Waals surface area contributed by atoms with Gasteiger partial charge in [0.25, 0.3) is 0 Å². The first-order chi connectivity index (χ1) is 15.5. The zero-order valence-electron chi connectivity index (χ0n) is 17.6. The molecule has 32 heavy (non-hydrogen) atoms. The van der Waals surface area contributed by atoms with E-state index in [0.29, 0.717) is 24.6 Å². The van der Waals surface area contributed by atoms with Gasteiger partial charge in [-0.25, -0.2) is 9.78 Å². The lowest BCUT2D eigenvalue weighted by Gasteiger charge is -2.07. The number of thiophene rings is 1. The zero-order chi connectivity index (χ0) is 22.8. The topological polar surface area (TPSA) is 109 Å². The summed E-state index contributed by atoms with van der Waals surface area (Å²) in [7, 11) is 0. The number of hydrogen-bond donors (Lipinski definition) is 3. The Kier molecular flexibility index (Phi) is 8.76. The first-order valence-electron chi connectivity index (χ1n) is 10.0. The summed E-state index contributed by atoms with van der Waals surface area (Å²) in [4.78, 5) is 41.3. The second-order valence-electron chi connectivity index (χ2n) is 6.85. The highest BCUT2D eigenvalue weighted by Crippen LogP contribution is 2.30. The Bertz CT molecular complexity index is 1050. The molecule has 0 aliphatic rings. The lowest BCUT2D eigenvalue weighted by Crippen LogP contribution is -2.26. The van der Waals surface area contributed by atoms with Crippen LogP contribution >= 0.6 is 22.7 Å².